The molecule has 14 heteroatoms. The number of carbonyl (C=O) groups is 3. The molecule has 3 N–H and O–H groups in total. The maximum absolute atomic E-state index is 15.5. The molecule has 1 fully saturated rings. The van der Waals surface area contributed by atoms with Gasteiger partial charge in [-0.3, -0.25) is 14.5 Å². The van der Waals surface area contributed by atoms with E-state index in [1.807, 2.05) is 146 Å². The van der Waals surface area contributed by atoms with Gasteiger partial charge < -0.3 is 25.4 Å². The maximum Gasteiger partial charge on any atom is 0.355 e. The summed E-state index contributed by atoms with van der Waals surface area (Å²) in [4.78, 5) is 57.5. The minimum absolute atomic E-state index is 0.0179. The van der Waals surface area contributed by atoms with E-state index in [4.69, 9.17) is 30.2 Å². The molecule has 8 aromatic rings. The maximum atomic E-state index is 15.5. The van der Waals surface area contributed by atoms with Gasteiger partial charge in [0.1, 0.15) is 47.6 Å². The van der Waals surface area contributed by atoms with Gasteiger partial charge in [-0.15, -0.1) is 11.8 Å². The van der Waals surface area contributed by atoms with Crippen molar-refractivity contribution in [2.24, 2.45) is 5.16 Å². The van der Waals surface area contributed by atoms with E-state index in [2.05, 4.69) is 42.2 Å². The Morgan fingerprint density at radius 2 is 1.36 bits per heavy atom. The van der Waals surface area contributed by atoms with E-state index in [-0.39, 0.29) is 52.9 Å². The molecule has 0 bridgehead atoms. The number of halogens is 1. The van der Waals surface area contributed by atoms with E-state index < -0.39 is 40.6 Å². The molecule has 2 amide bonds. The number of oxime groups is 1. The lowest BCUT2D eigenvalue weighted by atomic mass is 9.80. The van der Waals surface area contributed by atoms with Crippen LogP contribution >= 0.6 is 23.1 Å². The summed E-state index contributed by atoms with van der Waals surface area (Å²) in [6, 6.07) is 61.6. The first-order valence-electron chi connectivity index (χ1n) is 23.8. The molecule has 2 aliphatic rings. The number of anilines is 1. The summed E-state index contributed by atoms with van der Waals surface area (Å²) in [6.45, 7) is 3.41. The highest BCUT2D eigenvalue weighted by molar-refractivity contribution is 8.00. The third-order valence-corrected chi connectivity index (χ3v) is 15.0. The standard InChI is InChI=1S/C60H48FN5O6S2/c1-2-35-70-58(69)53-41(37-71-46-32-20-31-45(61)36-46)38-73-57-52(56(68)66(53)57)63-55(67)51(65-72-60(42-25-12-5-13-26-42,43-27-14-6-15-28-43)44-29-16-7-17-30-44)50-54(74-59(62)64-50)48-34-19-18-33-47(48)49(39-21-8-3-9-22-39)40-23-10-4-11-24-40/h2-34,36,49,52,57H,1,35,37-38H2,(H2,62,64)(H,63,67)/t52?,57-/m0/s1. The number of nitrogens with two attached hydrogens (primary N) is 1. The number of carbonyl (C=O) groups excluding carboxylic acids is 3. The van der Waals surface area contributed by atoms with Crippen LogP contribution in [0.3, 0.4) is 0 Å². The first kappa shape index (κ1) is 49.0. The van der Waals surface area contributed by atoms with Crippen molar-refractivity contribution in [3.8, 4) is 16.2 Å². The zero-order valence-electron chi connectivity index (χ0n) is 39.8. The van der Waals surface area contributed by atoms with E-state index >= 15 is 4.79 Å². The second kappa shape index (κ2) is 22.0. The normalized spacial score (nSPS) is 15.5. The molecule has 0 aliphatic carbocycles. The van der Waals surface area contributed by atoms with Crippen LogP contribution in [0.5, 0.6) is 5.75 Å². The Morgan fingerprint density at radius 3 is 1.95 bits per heavy atom. The van der Waals surface area contributed by atoms with Gasteiger partial charge >= 0.3 is 5.97 Å². The second-order valence-electron chi connectivity index (χ2n) is 17.3. The molecule has 3 heterocycles. The summed E-state index contributed by atoms with van der Waals surface area (Å²) in [5.41, 5.74) is 11.5. The summed E-state index contributed by atoms with van der Waals surface area (Å²) in [7, 11) is 0. The van der Waals surface area contributed by atoms with Crippen LogP contribution in [-0.4, -0.2) is 63.8 Å². The summed E-state index contributed by atoms with van der Waals surface area (Å²) in [5, 5.41) is 7.30. The number of nitrogens with zero attached hydrogens (tertiary/aromatic N) is 3. The van der Waals surface area contributed by atoms with E-state index in [9.17, 15) is 14.0 Å². The Labute approximate surface area is 435 Å². The van der Waals surface area contributed by atoms with Crippen molar-refractivity contribution in [1.29, 1.82) is 0 Å². The largest absolute Gasteiger partial charge is 0.489 e. The van der Waals surface area contributed by atoms with Gasteiger partial charge in [-0.2, -0.15) is 0 Å². The lowest BCUT2D eigenvalue weighted by Crippen LogP contribution is -2.71. The lowest BCUT2D eigenvalue weighted by molar-refractivity contribution is -0.152. The van der Waals surface area contributed by atoms with Gasteiger partial charge in [-0.25, -0.2) is 14.2 Å². The highest BCUT2D eigenvalue weighted by Gasteiger charge is 2.55. The van der Waals surface area contributed by atoms with Gasteiger partial charge in [-0.1, -0.05) is 211 Å². The number of β-lactam (4-membered cyclic amide) rings is 1. The second-order valence-corrected chi connectivity index (χ2v) is 19.5. The van der Waals surface area contributed by atoms with Gasteiger partial charge in [0.25, 0.3) is 11.8 Å². The quantitative estimate of drug-likeness (QED) is 0.0214. The van der Waals surface area contributed by atoms with Crippen molar-refractivity contribution >= 4 is 51.7 Å². The van der Waals surface area contributed by atoms with Crippen molar-refractivity contribution in [1.82, 2.24) is 15.2 Å². The predicted octanol–water partition coefficient (Wildman–Crippen LogP) is 10.9. The number of fused-ring (bicyclic) bond motifs is 1. The molecule has 2 atom stereocenters. The molecule has 11 nitrogen and oxygen atoms in total. The number of nitrogens with one attached hydrogen (secondary N) is 1. The minimum Gasteiger partial charge on any atom is -0.489 e. The third-order valence-electron chi connectivity index (χ3n) is 12.7. The molecular weight excluding hydrogens is 970 g/mol. The SMILES string of the molecule is C=CCOC(=O)C1=C(COc2cccc(F)c2)CS[C@H]2C(NC(=O)C(=NOC(c3ccccc3)(c3ccccc3)c3ccccc3)c3nc(N)sc3-c3ccccc3C(c3ccccc3)c3ccccc3)C(=O)N12. The summed E-state index contributed by atoms with van der Waals surface area (Å²) in [6.07, 6.45) is 1.42. The van der Waals surface area contributed by atoms with Crippen LogP contribution in [0.2, 0.25) is 0 Å². The van der Waals surface area contributed by atoms with E-state index in [0.717, 1.165) is 38.9 Å². The molecule has 74 heavy (non-hydrogen) atoms. The number of benzene rings is 7. The average molecular weight is 1020 g/mol. The van der Waals surface area contributed by atoms with Gasteiger partial charge in [0.2, 0.25) is 5.60 Å². The van der Waals surface area contributed by atoms with E-state index in [0.29, 0.717) is 10.5 Å². The van der Waals surface area contributed by atoms with E-state index in [1.165, 1.54) is 52.3 Å². The Morgan fingerprint density at radius 1 is 0.797 bits per heavy atom. The topological polar surface area (TPSA) is 145 Å². The van der Waals surface area contributed by atoms with Crippen LogP contribution in [-0.2, 0) is 29.6 Å². The molecular formula is C60H48FN5O6S2. The zero-order valence-corrected chi connectivity index (χ0v) is 41.4. The number of thiazole rings is 1. The van der Waals surface area contributed by atoms with Crippen molar-refractivity contribution in [2.45, 2.75) is 22.9 Å². The molecule has 1 unspecified atom stereocenters. The summed E-state index contributed by atoms with van der Waals surface area (Å²) >= 11 is 2.53. The molecule has 1 aromatic heterocycles. The highest BCUT2D eigenvalue weighted by atomic mass is 32.2. The van der Waals surface area contributed by atoms with Gasteiger partial charge in [0.15, 0.2) is 10.8 Å². The fraction of sp³-hybridized carbons (Fsp3) is 0.117. The summed E-state index contributed by atoms with van der Waals surface area (Å²) < 4.78 is 25.5. The number of ether oxygens (including phenoxy) is 2. The third kappa shape index (κ3) is 9.84. The average Bonchev–Trinajstić information content (AvgIpc) is 3.84. The van der Waals surface area contributed by atoms with Crippen LogP contribution in [0.25, 0.3) is 10.4 Å². The molecule has 0 radical (unpaired) electrons. The van der Waals surface area contributed by atoms with Crippen LogP contribution in [0, 0.1) is 5.82 Å². The first-order valence-corrected chi connectivity index (χ1v) is 25.6. The van der Waals surface area contributed by atoms with Gasteiger partial charge in [-0.05, 0) is 34.4 Å². The Hall–Kier alpha value is -8.59. The number of rotatable bonds is 18. The number of hydrogen-bond donors (Lipinski definition) is 2. The number of aromatic nitrogens is 1. The molecule has 1 saturated heterocycles. The number of esters is 1. The first-order chi connectivity index (χ1) is 36.2. The molecule has 368 valence electrons. The number of thioether (sulfide) groups is 1. The monoisotopic (exact) mass is 1020 g/mol. The fourth-order valence-electron chi connectivity index (χ4n) is 9.38. The van der Waals surface area contributed by atoms with Crippen molar-refractivity contribution < 1.29 is 33.1 Å². The van der Waals surface area contributed by atoms with Gasteiger partial charge in [0.05, 0.1) is 4.88 Å². The van der Waals surface area contributed by atoms with Crippen molar-refractivity contribution in [3.05, 3.63) is 269 Å². The van der Waals surface area contributed by atoms with Gasteiger partial charge in [0, 0.05) is 40.0 Å². The Kier molecular flexibility index (Phi) is 14.6. The Bertz CT molecular complexity index is 3240. The smallest absolute Gasteiger partial charge is 0.355 e. The highest BCUT2D eigenvalue weighted by Crippen LogP contribution is 2.45. The number of nitrogen functional groups attached to an aromatic ring is 1. The minimum atomic E-state index is -1.42. The number of amides is 2. The summed E-state index contributed by atoms with van der Waals surface area (Å²) in [5.74, 6) is -2.40. The van der Waals surface area contributed by atoms with E-state index in [1.54, 1.807) is 6.07 Å². The fourth-order valence-corrected chi connectivity index (χ4v) is 11.6. The lowest BCUT2D eigenvalue weighted by Gasteiger charge is -2.49. The van der Waals surface area contributed by atoms with Crippen molar-refractivity contribution in [2.75, 3.05) is 24.7 Å². The predicted molar refractivity (Wildman–Crippen MR) is 288 cm³/mol. The van der Waals surface area contributed by atoms with Crippen molar-refractivity contribution in [3.63, 3.8) is 0 Å². The molecule has 7 aromatic carbocycles. The molecule has 10 rings (SSSR count). The molecule has 0 saturated carbocycles. The van der Waals surface area contributed by atoms with Crippen LogP contribution in [0.4, 0.5) is 9.52 Å². The van der Waals surface area contributed by atoms with Crippen LogP contribution in [0.1, 0.15) is 45.0 Å². The van der Waals surface area contributed by atoms with Crippen LogP contribution in [0.15, 0.2) is 229 Å². The Balaban J connectivity index is 1.09. The molecule has 2 aliphatic heterocycles. The van der Waals surface area contributed by atoms with Crippen LogP contribution < -0.4 is 15.8 Å². The zero-order chi connectivity index (χ0) is 51.0. The number of hydrogen-bond acceptors (Lipinski definition) is 11. The molecule has 0 spiro atoms.